The second kappa shape index (κ2) is 6.18. The zero-order valence-corrected chi connectivity index (χ0v) is 16.7. The molecule has 150 valence electrons. The van der Waals surface area contributed by atoms with Crippen LogP contribution < -0.4 is 5.32 Å². The molecule has 0 spiro atoms. The average molecular weight is 390 g/mol. The highest BCUT2D eigenvalue weighted by Gasteiger charge is 2.59. The molecule has 1 saturated heterocycles. The summed E-state index contributed by atoms with van der Waals surface area (Å²) in [6.45, 7) is 4.64. The quantitative estimate of drug-likeness (QED) is 0.505. The van der Waals surface area contributed by atoms with Gasteiger partial charge in [-0.2, -0.15) is 0 Å². The number of aromatic nitrogens is 1. The number of aliphatic hydroxyl groups is 1. The van der Waals surface area contributed by atoms with E-state index in [9.17, 15) is 15.3 Å². The molecule has 1 aliphatic carbocycles. The molecule has 2 aromatic carbocycles. The highest BCUT2D eigenvalue weighted by molar-refractivity contribution is 5.79. The summed E-state index contributed by atoms with van der Waals surface area (Å²) in [6.07, 6.45) is 1.76. The number of aromatic hydroxyl groups is 2. The first kappa shape index (κ1) is 18.4. The first-order valence-electron chi connectivity index (χ1n) is 10.2. The Morgan fingerprint density at radius 3 is 2.79 bits per heavy atom. The lowest BCUT2D eigenvalue weighted by atomic mass is 9.53. The molecule has 3 atom stereocenters. The van der Waals surface area contributed by atoms with Gasteiger partial charge in [-0.1, -0.05) is 24.3 Å². The number of aryl methyl sites for hydroxylation is 1. The number of nitrogens with zero attached hydrogens (tertiary/aromatic N) is 1. The fraction of sp³-hybridized carbons (Fsp3) is 0.375. The van der Waals surface area contributed by atoms with E-state index < -0.39 is 11.0 Å². The number of hydrogen-bond acceptors (Lipinski definition) is 5. The van der Waals surface area contributed by atoms with Gasteiger partial charge >= 0.3 is 0 Å². The van der Waals surface area contributed by atoms with Crippen LogP contribution in [-0.4, -0.2) is 38.5 Å². The van der Waals surface area contributed by atoms with Crippen LogP contribution in [0.25, 0.3) is 10.9 Å². The number of pyridine rings is 1. The Morgan fingerprint density at radius 2 is 1.97 bits per heavy atom. The van der Waals surface area contributed by atoms with Crippen LogP contribution in [0, 0.1) is 6.92 Å². The molecule has 5 nitrogen and oxygen atoms in total. The van der Waals surface area contributed by atoms with E-state index in [0.29, 0.717) is 24.8 Å². The van der Waals surface area contributed by atoms with Gasteiger partial charge in [-0.25, -0.2) is 0 Å². The summed E-state index contributed by atoms with van der Waals surface area (Å²) in [6, 6.07) is 13.4. The molecule has 29 heavy (non-hydrogen) atoms. The molecule has 1 aromatic heterocycles. The van der Waals surface area contributed by atoms with E-state index >= 15 is 0 Å². The molecular weight excluding hydrogens is 364 g/mol. The van der Waals surface area contributed by atoms with Crippen molar-refractivity contribution in [3.05, 3.63) is 64.8 Å². The van der Waals surface area contributed by atoms with Gasteiger partial charge in [0.15, 0.2) is 11.5 Å². The number of para-hydroxylation sites is 1. The second-order valence-electron chi connectivity index (χ2n) is 8.78. The van der Waals surface area contributed by atoms with E-state index in [-0.39, 0.29) is 17.5 Å². The lowest BCUT2D eigenvalue weighted by Gasteiger charge is -2.57. The molecule has 0 saturated carbocycles. The molecule has 0 radical (unpaired) electrons. The third-order valence-corrected chi connectivity index (χ3v) is 7.22. The Morgan fingerprint density at radius 1 is 1.17 bits per heavy atom. The predicted molar refractivity (Wildman–Crippen MR) is 112 cm³/mol. The molecule has 2 aliphatic rings. The van der Waals surface area contributed by atoms with Crippen LogP contribution in [0.15, 0.2) is 42.5 Å². The maximum atomic E-state index is 11.7. The molecular formula is C24H26N2O3. The third kappa shape index (κ3) is 2.51. The van der Waals surface area contributed by atoms with E-state index in [0.717, 1.165) is 34.3 Å². The van der Waals surface area contributed by atoms with Crippen molar-refractivity contribution in [2.75, 3.05) is 6.54 Å². The van der Waals surface area contributed by atoms with E-state index in [1.807, 2.05) is 44.2 Å². The first-order valence-corrected chi connectivity index (χ1v) is 10.2. The largest absolute Gasteiger partial charge is 0.504 e. The van der Waals surface area contributed by atoms with Crippen molar-refractivity contribution in [3.63, 3.8) is 0 Å². The molecule has 4 N–H and O–H groups in total. The fourth-order valence-electron chi connectivity index (χ4n) is 5.52. The van der Waals surface area contributed by atoms with Gasteiger partial charge in [0.1, 0.15) is 0 Å². The number of fused-ring (bicyclic) bond motifs is 5. The number of piperidine rings is 1. The molecule has 2 bridgehead atoms. The summed E-state index contributed by atoms with van der Waals surface area (Å²) in [5, 5.41) is 37.4. The summed E-state index contributed by atoms with van der Waals surface area (Å²) < 4.78 is 0. The minimum atomic E-state index is -1.09. The fourth-order valence-corrected chi connectivity index (χ4v) is 5.52. The second-order valence-corrected chi connectivity index (χ2v) is 8.78. The molecule has 0 amide bonds. The molecule has 1 fully saturated rings. The Balaban J connectivity index is 1.74. The van der Waals surface area contributed by atoms with Crippen molar-refractivity contribution >= 4 is 10.9 Å². The summed E-state index contributed by atoms with van der Waals surface area (Å²) >= 11 is 0. The van der Waals surface area contributed by atoms with Crippen molar-refractivity contribution in [1.82, 2.24) is 10.3 Å². The van der Waals surface area contributed by atoms with E-state index in [1.54, 1.807) is 0 Å². The first-order chi connectivity index (χ1) is 13.8. The Bertz CT molecular complexity index is 1120. The molecule has 3 aromatic rings. The Hall–Kier alpha value is -2.63. The van der Waals surface area contributed by atoms with Gasteiger partial charge < -0.3 is 20.6 Å². The smallest absolute Gasteiger partial charge is 0.161 e. The van der Waals surface area contributed by atoms with Gasteiger partial charge in [-0.15, -0.1) is 0 Å². The number of hydrogen-bond donors (Lipinski definition) is 4. The Labute approximate surface area is 170 Å². The van der Waals surface area contributed by atoms with Gasteiger partial charge in [0.05, 0.1) is 11.1 Å². The van der Waals surface area contributed by atoms with Crippen LogP contribution in [0.2, 0.25) is 0 Å². The number of benzene rings is 2. The molecule has 5 rings (SSSR count). The minimum absolute atomic E-state index is 0.110. The van der Waals surface area contributed by atoms with Crippen molar-refractivity contribution in [2.45, 2.75) is 50.2 Å². The molecule has 5 heteroatoms. The van der Waals surface area contributed by atoms with Crippen molar-refractivity contribution < 1.29 is 15.3 Å². The van der Waals surface area contributed by atoms with E-state index in [2.05, 4.69) is 11.4 Å². The monoisotopic (exact) mass is 390 g/mol. The SMILES string of the molecule is Cc1cc2ccccc2nc1CC12CCNC(Cc3ccc(O)c(O)c31)C2(C)O. The summed E-state index contributed by atoms with van der Waals surface area (Å²) in [5.41, 5.74) is 2.72. The lowest BCUT2D eigenvalue weighted by Crippen LogP contribution is -2.70. The number of phenolic OH excluding ortho intramolecular Hbond substituents is 2. The summed E-state index contributed by atoms with van der Waals surface area (Å²) in [5.74, 6) is -0.249. The highest BCUT2D eigenvalue weighted by atomic mass is 16.3. The average Bonchev–Trinajstić information content (AvgIpc) is 2.67. The zero-order chi connectivity index (χ0) is 20.4. The van der Waals surface area contributed by atoms with E-state index in [4.69, 9.17) is 4.98 Å². The molecule has 2 heterocycles. The standard InChI is InChI=1S/C24H26N2O3/c1-14-11-15-5-3-4-6-17(15)26-18(14)13-24-9-10-25-20(23(24,2)29)12-16-7-8-19(27)22(28)21(16)24/h3-8,11,20,25,27-29H,9-10,12-13H2,1-2H3. The van der Waals surface area contributed by atoms with Gasteiger partial charge in [0.25, 0.3) is 0 Å². The van der Waals surface area contributed by atoms with Gasteiger partial charge in [-0.3, -0.25) is 4.98 Å². The number of nitrogens with one attached hydrogen (secondary N) is 1. The van der Waals surface area contributed by atoms with Crippen LogP contribution in [-0.2, 0) is 18.3 Å². The Kier molecular flexibility index (Phi) is 3.92. The molecule has 3 unspecified atom stereocenters. The topological polar surface area (TPSA) is 85.6 Å². The van der Waals surface area contributed by atoms with Crippen molar-refractivity contribution in [1.29, 1.82) is 0 Å². The van der Waals surface area contributed by atoms with E-state index in [1.165, 1.54) is 6.07 Å². The normalized spacial score (nSPS) is 28.3. The highest BCUT2D eigenvalue weighted by Crippen LogP contribution is 2.55. The van der Waals surface area contributed by atoms with Gasteiger partial charge in [-0.05, 0) is 62.6 Å². The summed E-state index contributed by atoms with van der Waals surface area (Å²) in [7, 11) is 0. The zero-order valence-electron chi connectivity index (χ0n) is 16.7. The minimum Gasteiger partial charge on any atom is -0.504 e. The number of phenols is 2. The van der Waals surface area contributed by atoms with Crippen LogP contribution in [0.3, 0.4) is 0 Å². The maximum absolute atomic E-state index is 11.7. The number of rotatable bonds is 2. The molecule has 1 aliphatic heterocycles. The third-order valence-electron chi connectivity index (χ3n) is 7.22. The summed E-state index contributed by atoms with van der Waals surface area (Å²) in [4.78, 5) is 4.93. The van der Waals surface area contributed by atoms with Crippen LogP contribution >= 0.6 is 0 Å². The van der Waals surface area contributed by atoms with Gasteiger partial charge in [0.2, 0.25) is 0 Å². The van der Waals surface area contributed by atoms with Crippen molar-refractivity contribution in [2.24, 2.45) is 0 Å². The van der Waals surface area contributed by atoms with Crippen LogP contribution in [0.1, 0.15) is 35.7 Å². The predicted octanol–water partition coefficient (Wildman–Crippen LogP) is 3.10. The van der Waals surface area contributed by atoms with Crippen LogP contribution in [0.4, 0.5) is 0 Å². The van der Waals surface area contributed by atoms with Crippen molar-refractivity contribution in [3.8, 4) is 11.5 Å². The van der Waals surface area contributed by atoms with Gasteiger partial charge in [0, 0.05) is 34.5 Å². The van der Waals surface area contributed by atoms with Crippen LogP contribution in [0.5, 0.6) is 11.5 Å². The lowest BCUT2D eigenvalue weighted by molar-refractivity contribution is -0.0868. The maximum Gasteiger partial charge on any atom is 0.161 e.